The van der Waals surface area contributed by atoms with Gasteiger partial charge in [0, 0.05) is 6.92 Å². The second-order valence-electron chi connectivity index (χ2n) is 3.74. The van der Waals surface area contributed by atoms with Gasteiger partial charge in [0.15, 0.2) is 0 Å². The summed E-state index contributed by atoms with van der Waals surface area (Å²) in [4.78, 5) is 10.8. The SMILES string of the molecule is [B]c1cccc(-c2ccc(OC(C)=O)cc2)c1. The lowest BCUT2D eigenvalue weighted by atomic mass is 9.92. The molecule has 0 aliphatic heterocycles. The molecule has 0 saturated carbocycles. The molecule has 0 N–H and O–H groups in total. The highest BCUT2D eigenvalue weighted by Crippen LogP contribution is 2.21. The van der Waals surface area contributed by atoms with Crippen LogP contribution in [0.1, 0.15) is 6.92 Å². The molecule has 0 aromatic heterocycles. The Bertz CT molecular complexity index is 532. The van der Waals surface area contributed by atoms with Crippen molar-refractivity contribution in [2.45, 2.75) is 6.92 Å². The summed E-state index contributed by atoms with van der Waals surface area (Å²) in [5.41, 5.74) is 2.80. The van der Waals surface area contributed by atoms with Crippen molar-refractivity contribution in [3.8, 4) is 16.9 Å². The molecule has 0 aliphatic rings. The Morgan fingerprint density at radius 3 is 2.35 bits per heavy atom. The fraction of sp³-hybridized carbons (Fsp3) is 0.0714. The van der Waals surface area contributed by atoms with E-state index in [0.29, 0.717) is 5.75 Å². The van der Waals surface area contributed by atoms with E-state index in [1.54, 1.807) is 12.1 Å². The van der Waals surface area contributed by atoms with E-state index in [1.165, 1.54) is 6.92 Å². The van der Waals surface area contributed by atoms with Gasteiger partial charge in [0.1, 0.15) is 13.6 Å². The van der Waals surface area contributed by atoms with Gasteiger partial charge in [0.05, 0.1) is 0 Å². The fourth-order valence-electron chi connectivity index (χ4n) is 1.60. The first kappa shape index (κ1) is 11.5. The molecular weight excluding hydrogens is 211 g/mol. The van der Waals surface area contributed by atoms with E-state index in [2.05, 4.69) is 0 Å². The third-order valence-electron chi connectivity index (χ3n) is 2.34. The molecule has 0 saturated heterocycles. The van der Waals surface area contributed by atoms with Gasteiger partial charge in [0.25, 0.3) is 0 Å². The molecule has 82 valence electrons. The van der Waals surface area contributed by atoms with Crippen LogP contribution in [0.25, 0.3) is 11.1 Å². The van der Waals surface area contributed by atoms with Crippen LogP contribution in [0.3, 0.4) is 0 Å². The lowest BCUT2D eigenvalue weighted by molar-refractivity contribution is -0.131. The lowest BCUT2D eigenvalue weighted by Gasteiger charge is -2.05. The fourth-order valence-corrected chi connectivity index (χ4v) is 1.60. The van der Waals surface area contributed by atoms with Crippen LogP contribution in [0.15, 0.2) is 48.5 Å². The molecule has 0 heterocycles. The molecule has 2 rings (SSSR count). The summed E-state index contributed by atoms with van der Waals surface area (Å²) in [5, 5.41) is 0. The minimum absolute atomic E-state index is 0.318. The third-order valence-corrected chi connectivity index (χ3v) is 2.34. The summed E-state index contributed by atoms with van der Waals surface area (Å²) in [6.07, 6.45) is 0. The van der Waals surface area contributed by atoms with Gasteiger partial charge >= 0.3 is 5.97 Å². The molecule has 2 nitrogen and oxygen atoms in total. The molecule has 0 amide bonds. The highest BCUT2D eigenvalue weighted by molar-refractivity contribution is 6.32. The number of hydrogen-bond acceptors (Lipinski definition) is 2. The molecular formula is C14H11BO2. The highest BCUT2D eigenvalue weighted by Gasteiger charge is 2.00. The van der Waals surface area contributed by atoms with Crippen molar-refractivity contribution >= 4 is 19.3 Å². The van der Waals surface area contributed by atoms with Crippen LogP contribution in [0, 0.1) is 0 Å². The molecule has 0 unspecified atom stereocenters. The zero-order valence-electron chi connectivity index (χ0n) is 9.51. The van der Waals surface area contributed by atoms with Crippen molar-refractivity contribution in [3.63, 3.8) is 0 Å². The number of esters is 1. The van der Waals surface area contributed by atoms with Crippen LogP contribution < -0.4 is 10.2 Å². The first-order valence-electron chi connectivity index (χ1n) is 5.29. The molecule has 0 aliphatic carbocycles. The van der Waals surface area contributed by atoms with Crippen LogP contribution in [-0.4, -0.2) is 13.8 Å². The number of rotatable bonds is 2. The minimum atomic E-state index is -0.318. The Morgan fingerprint density at radius 2 is 1.76 bits per heavy atom. The monoisotopic (exact) mass is 222 g/mol. The maximum absolute atomic E-state index is 10.8. The van der Waals surface area contributed by atoms with E-state index in [-0.39, 0.29) is 5.97 Å². The van der Waals surface area contributed by atoms with Crippen LogP contribution in [0.2, 0.25) is 0 Å². The predicted molar refractivity (Wildman–Crippen MR) is 68.6 cm³/mol. The maximum Gasteiger partial charge on any atom is 0.308 e. The normalized spacial score (nSPS) is 9.94. The zero-order chi connectivity index (χ0) is 12.3. The molecule has 2 aromatic carbocycles. The van der Waals surface area contributed by atoms with Gasteiger partial charge in [-0.25, -0.2) is 0 Å². The Kier molecular flexibility index (Phi) is 3.28. The van der Waals surface area contributed by atoms with Gasteiger partial charge in [-0.2, -0.15) is 0 Å². The average Bonchev–Trinajstić information content (AvgIpc) is 2.29. The summed E-state index contributed by atoms with van der Waals surface area (Å²) in [7, 11) is 5.72. The number of carbonyl (C=O) groups excluding carboxylic acids is 1. The molecule has 2 radical (unpaired) electrons. The largest absolute Gasteiger partial charge is 0.427 e. The smallest absolute Gasteiger partial charge is 0.308 e. The molecule has 2 aromatic rings. The van der Waals surface area contributed by atoms with E-state index in [0.717, 1.165) is 16.6 Å². The average molecular weight is 222 g/mol. The Hall–Kier alpha value is -2.03. The summed E-state index contributed by atoms with van der Waals surface area (Å²) in [6, 6.07) is 15.0. The molecule has 3 heteroatoms. The van der Waals surface area contributed by atoms with Crippen molar-refractivity contribution in [2.24, 2.45) is 0 Å². The van der Waals surface area contributed by atoms with Gasteiger partial charge < -0.3 is 4.74 Å². The van der Waals surface area contributed by atoms with E-state index in [1.807, 2.05) is 36.4 Å². The van der Waals surface area contributed by atoms with Crippen molar-refractivity contribution in [1.82, 2.24) is 0 Å². The number of ether oxygens (including phenoxy) is 1. The summed E-state index contributed by atoms with van der Waals surface area (Å²) < 4.78 is 4.97. The van der Waals surface area contributed by atoms with Crippen LogP contribution in [0.4, 0.5) is 0 Å². The van der Waals surface area contributed by atoms with Gasteiger partial charge in [-0.15, -0.1) is 0 Å². The van der Waals surface area contributed by atoms with Crippen molar-refractivity contribution in [2.75, 3.05) is 0 Å². The molecule has 0 fully saturated rings. The van der Waals surface area contributed by atoms with E-state index >= 15 is 0 Å². The Balaban J connectivity index is 2.26. The number of benzene rings is 2. The van der Waals surface area contributed by atoms with Gasteiger partial charge in [-0.3, -0.25) is 4.79 Å². The standard InChI is InChI=1S/C14H11BO2/c1-10(16)17-14-7-5-11(6-8-14)12-3-2-4-13(15)9-12/h2-9H,1H3. The van der Waals surface area contributed by atoms with Crippen LogP contribution in [0.5, 0.6) is 5.75 Å². The van der Waals surface area contributed by atoms with Crippen LogP contribution in [-0.2, 0) is 4.79 Å². The van der Waals surface area contributed by atoms with E-state index < -0.39 is 0 Å². The molecule has 0 bridgehead atoms. The van der Waals surface area contributed by atoms with Crippen molar-refractivity contribution in [1.29, 1.82) is 0 Å². The van der Waals surface area contributed by atoms with Crippen LogP contribution >= 0.6 is 0 Å². The van der Waals surface area contributed by atoms with Gasteiger partial charge in [-0.1, -0.05) is 41.9 Å². The first-order valence-corrected chi connectivity index (χ1v) is 5.29. The Labute approximate surface area is 102 Å². The van der Waals surface area contributed by atoms with E-state index in [4.69, 9.17) is 12.6 Å². The molecule has 0 atom stereocenters. The molecule has 0 spiro atoms. The summed E-state index contributed by atoms with van der Waals surface area (Å²) >= 11 is 0. The quantitative estimate of drug-likeness (QED) is 0.441. The minimum Gasteiger partial charge on any atom is -0.427 e. The zero-order valence-corrected chi connectivity index (χ0v) is 9.51. The highest BCUT2D eigenvalue weighted by atomic mass is 16.5. The summed E-state index contributed by atoms with van der Waals surface area (Å²) in [5.74, 6) is 0.229. The van der Waals surface area contributed by atoms with Gasteiger partial charge in [-0.05, 0) is 23.3 Å². The first-order chi connectivity index (χ1) is 8.15. The topological polar surface area (TPSA) is 26.3 Å². The van der Waals surface area contributed by atoms with Crippen molar-refractivity contribution in [3.05, 3.63) is 48.5 Å². The second kappa shape index (κ2) is 4.87. The number of carbonyl (C=O) groups is 1. The third kappa shape index (κ3) is 2.97. The molecule has 17 heavy (non-hydrogen) atoms. The second-order valence-corrected chi connectivity index (χ2v) is 3.74. The van der Waals surface area contributed by atoms with Crippen molar-refractivity contribution < 1.29 is 9.53 Å². The predicted octanol–water partition coefficient (Wildman–Crippen LogP) is 2.07. The number of hydrogen-bond donors (Lipinski definition) is 0. The maximum atomic E-state index is 10.8. The van der Waals surface area contributed by atoms with E-state index in [9.17, 15) is 4.79 Å². The lowest BCUT2D eigenvalue weighted by Crippen LogP contribution is -2.01. The van der Waals surface area contributed by atoms with Gasteiger partial charge in [0.2, 0.25) is 0 Å². The summed E-state index contributed by atoms with van der Waals surface area (Å²) in [6.45, 7) is 1.38. The Morgan fingerprint density at radius 1 is 1.06 bits per heavy atom.